The van der Waals surface area contributed by atoms with Gasteiger partial charge in [0.2, 0.25) is 0 Å². The largest absolute Gasteiger partial charge is 0.468 e. The number of rotatable bonds is 4. The zero-order valence-corrected chi connectivity index (χ0v) is 11.8. The van der Waals surface area contributed by atoms with Gasteiger partial charge in [-0.2, -0.15) is 0 Å². The van der Waals surface area contributed by atoms with Gasteiger partial charge < -0.3 is 18.9 Å². The van der Waals surface area contributed by atoms with Gasteiger partial charge in [-0.1, -0.05) is 0 Å². The summed E-state index contributed by atoms with van der Waals surface area (Å²) >= 11 is 0. The minimum Gasteiger partial charge on any atom is -0.468 e. The fourth-order valence-corrected chi connectivity index (χ4v) is 3.70. The van der Waals surface area contributed by atoms with E-state index in [0.29, 0.717) is 25.7 Å². The van der Waals surface area contributed by atoms with Crippen molar-refractivity contribution in [3.05, 3.63) is 0 Å². The highest BCUT2D eigenvalue weighted by molar-refractivity contribution is 6.01. The summed E-state index contributed by atoms with van der Waals surface area (Å²) in [7, 11) is 5.77. The molecule has 0 aromatic heterocycles. The highest BCUT2D eigenvalue weighted by Crippen LogP contribution is 2.68. The third-order valence-electron chi connectivity index (χ3n) is 4.54. The maximum Gasteiger partial charge on any atom is 0.323 e. The predicted molar refractivity (Wildman–Crippen MR) is 64.1 cm³/mol. The van der Waals surface area contributed by atoms with Gasteiger partial charge in [-0.05, 0) is 18.3 Å². The number of hydrogen-bond acceptors (Lipinski definition) is 6. The van der Waals surface area contributed by atoms with E-state index in [1.165, 1.54) is 14.2 Å². The molecule has 0 saturated heterocycles. The molecule has 2 saturated carbocycles. The minimum absolute atomic E-state index is 0.0750. The molecule has 0 heterocycles. The molecule has 0 radical (unpaired) electrons. The van der Waals surface area contributed by atoms with Crippen LogP contribution in [-0.4, -0.2) is 46.2 Å². The Hall–Kier alpha value is -1.14. The number of carbonyl (C=O) groups is 2. The topological polar surface area (TPSA) is 71.1 Å². The van der Waals surface area contributed by atoms with Crippen LogP contribution in [0.25, 0.3) is 0 Å². The number of esters is 2. The van der Waals surface area contributed by atoms with Crippen molar-refractivity contribution in [2.45, 2.75) is 31.5 Å². The molecular weight excluding hydrogens is 252 g/mol. The van der Waals surface area contributed by atoms with E-state index >= 15 is 0 Å². The van der Waals surface area contributed by atoms with Crippen LogP contribution in [0.15, 0.2) is 0 Å². The van der Waals surface area contributed by atoms with E-state index in [1.54, 1.807) is 14.2 Å². The number of hydrogen-bond donors (Lipinski definition) is 0. The Morgan fingerprint density at radius 2 is 1.21 bits per heavy atom. The second kappa shape index (κ2) is 4.45. The van der Waals surface area contributed by atoms with Gasteiger partial charge in [0.1, 0.15) is 0 Å². The molecule has 2 aliphatic carbocycles. The summed E-state index contributed by atoms with van der Waals surface area (Å²) in [6.45, 7) is 0. The fourth-order valence-electron chi connectivity index (χ4n) is 3.70. The Morgan fingerprint density at radius 1 is 0.789 bits per heavy atom. The Morgan fingerprint density at radius 3 is 1.53 bits per heavy atom. The first-order chi connectivity index (χ1) is 8.91. The number of carbonyl (C=O) groups excluding carboxylic acids is 2. The van der Waals surface area contributed by atoms with Crippen LogP contribution in [0.1, 0.15) is 25.7 Å². The third kappa shape index (κ3) is 1.85. The Bertz CT molecular complexity index is 364. The summed E-state index contributed by atoms with van der Waals surface area (Å²) in [5.74, 6) is -1.60. The smallest absolute Gasteiger partial charge is 0.323 e. The van der Waals surface area contributed by atoms with E-state index in [2.05, 4.69) is 0 Å². The average molecular weight is 272 g/mol. The van der Waals surface area contributed by atoms with Crippen molar-refractivity contribution in [2.24, 2.45) is 10.8 Å². The molecule has 0 unspecified atom stereocenters. The SMILES string of the molecule is COC(=O)C1(C(=O)OC)CC2(CC(OC)(OC)C2)C1. The summed E-state index contributed by atoms with van der Waals surface area (Å²) in [4.78, 5) is 23.7. The van der Waals surface area contributed by atoms with Crippen molar-refractivity contribution in [1.29, 1.82) is 0 Å². The van der Waals surface area contributed by atoms with Crippen LogP contribution in [0, 0.1) is 10.8 Å². The van der Waals surface area contributed by atoms with Gasteiger partial charge in [-0.25, -0.2) is 0 Å². The molecular formula is C13H20O6. The lowest BCUT2D eigenvalue weighted by atomic mass is 9.43. The van der Waals surface area contributed by atoms with Crippen molar-refractivity contribution < 1.29 is 28.5 Å². The number of methoxy groups -OCH3 is 4. The Labute approximate surface area is 112 Å². The maximum atomic E-state index is 11.9. The van der Waals surface area contributed by atoms with E-state index in [-0.39, 0.29) is 5.41 Å². The van der Waals surface area contributed by atoms with Crippen LogP contribution in [0.4, 0.5) is 0 Å². The molecule has 0 amide bonds. The summed E-state index contributed by atoms with van der Waals surface area (Å²) < 4.78 is 20.2. The van der Waals surface area contributed by atoms with Gasteiger partial charge in [-0.3, -0.25) is 9.59 Å². The van der Waals surface area contributed by atoms with E-state index in [4.69, 9.17) is 18.9 Å². The van der Waals surface area contributed by atoms with Crippen LogP contribution in [-0.2, 0) is 28.5 Å². The lowest BCUT2D eigenvalue weighted by Gasteiger charge is -2.63. The first kappa shape index (κ1) is 14.3. The quantitative estimate of drug-likeness (QED) is 0.430. The average Bonchev–Trinajstić information content (AvgIpc) is 2.35. The molecule has 2 fully saturated rings. The van der Waals surface area contributed by atoms with Gasteiger partial charge in [0.25, 0.3) is 0 Å². The minimum atomic E-state index is -1.14. The van der Waals surface area contributed by atoms with Crippen molar-refractivity contribution in [1.82, 2.24) is 0 Å². The highest BCUT2D eigenvalue weighted by Gasteiger charge is 2.72. The Kier molecular flexibility index (Phi) is 3.35. The first-order valence-corrected chi connectivity index (χ1v) is 6.19. The lowest BCUT2D eigenvalue weighted by molar-refractivity contribution is -0.325. The van der Waals surface area contributed by atoms with E-state index < -0.39 is 23.1 Å². The van der Waals surface area contributed by atoms with Crippen molar-refractivity contribution in [3.63, 3.8) is 0 Å². The second-order valence-electron chi connectivity index (χ2n) is 5.59. The fraction of sp³-hybridized carbons (Fsp3) is 0.846. The summed E-state index contributed by atoms with van der Waals surface area (Å²) in [6.07, 6.45) is 2.24. The van der Waals surface area contributed by atoms with Gasteiger partial charge in [0.05, 0.1) is 14.2 Å². The van der Waals surface area contributed by atoms with Crippen LogP contribution in [0.2, 0.25) is 0 Å². The molecule has 0 aliphatic heterocycles. The Balaban J connectivity index is 2.08. The van der Waals surface area contributed by atoms with Gasteiger partial charge in [0.15, 0.2) is 11.2 Å². The standard InChI is InChI=1S/C13H20O6/c1-16-9(14)12(10(15)17-2)5-11(6-12)7-13(8-11,18-3)19-4/h5-8H2,1-4H3. The molecule has 108 valence electrons. The third-order valence-corrected chi connectivity index (χ3v) is 4.54. The van der Waals surface area contributed by atoms with E-state index in [9.17, 15) is 9.59 Å². The summed E-state index contributed by atoms with van der Waals surface area (Å²) in [6, 6.07) is 0. The molecule has 6 nitrogen and oxygen atoms in total. The number of ether oxygens (including phenoxy) is 4. The zero-order chi connectivity index (χ0) is 14.3. The van der Waals surface area contributed by atoms with Crippen molar-refractivity contribution in [2.75, 3.05) is 28.4 Å². The van der Waals surface area contributed by atoms with Crippen molar-refractivity contribution in [3.8, 4) is 0 Å². The molecule has 0 bridgehead atoms. The second-order valence-corrected chi connectivity index (χ2v) is 5.59. The molecule has 2 aliphatic rings. The van der Waals surface area contributed by atoms with Gasteiger partial charge >= 0.3 is 11.9 Å². The normalized spacial score (nSPS) is 25.1. The molecule has 6 heteroatoms. The molecule has 0 aromatic carbocycles. The molecule has 0 aromatic rings. The van der Waals surface area contributed by atoms with Crippen molar-refractivity contribution >= 4 is 11.9 Å². The van der Waals surface area contributed by atoms with Crippen LogP contribution < -0.4 is 0 Å². The van der Waals surface area contributed by atoms with E-state index in [1.807, 2.05) is 0 Å². The maximum absolute atomic E-state index is 11.9. The zero-order valence-electron chi connectivity index (χ0n) is 11.8. The molecule has 2 rings (SSSR count). The first-order valence-electron chi connectivity index (χ1n) is 6.19. The van der Waals surface area contributed by atoms with Crippen LogP contribution in [0.3, 0.4) is 0 Å². The van der Waals surface area contributed by atoms with Crippen LogP contribution in [0.5, 0.6) is 0 Å². The molecule has 0 atom stereocenters. The molecule has 19 heavy (non-hydrogen) atoms. The van der Waals surface area contributed by atoms with Crippen LogP contribution >= 0.6 is 0 Å². The molecule has 0 N–H and O–H groups in total. The highest BCUT2D eigenvalue weighted by atomic mass is 16.7. The summed E-state index contributed by atoms with van der Waals surface area (Å²) in [5, 5.41) is 0. The van der Waals surface area contributed by atoms with Gasteiger partial charge in [0, 0.05) is 27.1 Å². The summed E-state index contributed by atoms with van der Waals surface area (Å²) in [5.41, 5.74) is -1.22. The molecule has 1 spiro atoms. The monoisotopic (exact) mass is 272 g/mol. The van der Waals surface area contributed by atoms with E-state index in [0.717, 1.165) is 0 Å². The lowest BCUT2D eigenvalue weighted by Crippen LogP contribution is -2.66. The predicted octanol–water partition coefficient (Wildman–Crippen LogP) is 0.882. The van der Waals surface area contributed by atoms with Gasteiger partial charge in [-0.15, -0.1) is 0 Å².